The third-order valence-electron chi connectivity index (χ3n) is 5.61. The second-order valence-corrected chi connectivity index (χ2v) is 8.22. The maximum atomic E-state index is 12.9. The van der Waals surface area contributed by atoms with Crippen molar-refractivity contribution in [3.8, 4) is 0 Å². The lowest BCUT2D eigenvalue weighted by molar-refractivity contribution is 0.0937. The van der Waals surface area contributed by atoms with E-state index in [4.69, 9.17) is 17.3 Å². The van der Waals surface area contributed by atoms with Gasteiger partial charge in [-0.05, 0) is 57.3 Å². The molecule has 1 fully saturated rings. The first-order chi connectivity index (χ1) is 13.5. The van der Waals surface area contributed by atoms with E-state index in [1.807, 2.05) is 6.20 Å². The summed E-state index contributed by atoms with van der Waals surface area (Å²) in [7, 11) is 0. The van der Waals surface area contributed by atoms with Crippen LogP contribution in [0.2, 0.25) is 5.02 Å². The Kier molecular flexibility index (Phi) is 7.18. The number of aromatic nitrogens is 2. The van der Waals surface area contributed by atoms with Crippen molar-refractivity contribution in [2.45, 2.75) is 52.4 Å². The normalized spacial score (nSPS) is 16.0. The van der Waals surface area contributed by atoms with Gasteiger partial charge in [0, 0.05) is 12.7 Å². The molecule has 0 saturated carbocycles. The Hall–Kier alpha value is -1.79. The number of nitrogen functional groups attached to an aromatic ring is 1. The highest BCUT2D eigenvalue weighted by atomic mass is 35.5. The van der Waals surface area contributed by atoms with Gasteiger partial charge < -0.3 is 16.0 Å². The standard InChI is InChI=1S/C21H32ClN5O/c1-3-5-9-26-10-7-15(8-11-26)13-24-21(28)17-12-18(22)19(23)27-14-16(6-4-2)25-20(17)27/h12,14-15H,3-11,13,23H2,1-2H3,(H,24,28). The van der Waals surface area contributed by atoms with Crippen LogP contribution >= 0.6 is 11.6 Å². The van der Waals surface area contributed by atoms with E-state index in [1.54, 1.807) is 10.5 Å². The number of anilines is 1. The minimum absolute atomic E-state index is 0.131. The molecular formula is C21H32ClN5O. The van der Waals surface area contributed by atoms with Crippen molar-refractivity contribution in [1.82, 2.24) is 19.6 Å². The summed E-state index contributed by atoms with van der Waals surface area (Å²) in [6, 6.07) is 1.64. The van der Waals surface area contributed by atoms with Crippen LogP contribution in [0.5, 0.6) is 0 Å². The quantitative estimate of drug-likeness (QED) is 0.701. The largest absolute Gasteiger partial charge is 0.384 e. The van der Waals surface area contributed by atoms with Gasteiger partial charge in [-0.2, -0.15) is 0 Å². The number of carbonyl (C=O) groups excluding carboxylic acids is 1. The molecule has 3 rings (SSSR count). The van der Waals surface area contributed by atoms with E-state index in [-0.39, 0.29) is 5.91 Å². The molecule has 28 heavy (non-hydrogen) atoms. The van der Waals surface area contributed by atoms with Gasteiger partial charge in [-0.3, -0.25) is 9.20 Å². The molecule has 0 atom stereocenters. The number of halogens is 1. The molecule has 3 heterocycles. The number of nitrogens with one attached hydrogen (secondary N) is 1. The van der Waals surface area contributed by atoms with Gasteiger partial charge in [0.1, 0.15) is 5.82 Å². The number of likely N-dealkylation sites (tertiary alicyclic amines) is 1. The Labute approximate surface area is 172 Å². The number of nitrogens with two attached hydrogens (primary N) is 1. The highest BCUT2D eigenvalue weighted by molar-refractivity contribution is 6.33. The van der Waals surface area contributed by atoms with Crippen LogP contribution in [0.1, 0.15) is 62.0 Å². The first-order valence-electron chi connectivity index (χ1n) is 10.5. The van der Waals surface area contributed by atoms with Crippen molar-refractivity contribution < 1.29 is 4.79 Å². The molecule has 0 unspecified atom stereocenters. The second-order valence-electron chi connectivity index (χ2n) is 7.82. The van der Waals surface area contributed by atoms with Crippen LogP contribution in [-0.4, -0.2) is 46.4 Å². The summed E-state index contributed by atoms with van der Waals surface area (Å²) in [5.41, 5.74) is 8.08. The smallest absolute Gasteiger partial charge is 0.255 e. The number of aryl methyl sites for hydroxylation is 1. The molecule has 3 N–H and O–H groups in total. The zero-order chi connectivity index (χ0) is 20.1. The maximum Gasteiger partial charge on any atom is 0.255 e. The van der Waals surface area contributed by atoms with Crippen LogP contribution in [0.25, 0.3) is 5.65 Å². The number of carbonyl (C=O) groups is 1. The Bertz CT molecular complexity index is 811. The number of nitrogens with zero attached hydrogens (tertiary/aromatic N) is 3. The summed E-state index contributed by atoms with van der Waals surface area (Å²) in [5, 5.41) is 3.47. The van der Waals surface area contributed by atoms with E-state index >= 15 is 0 Å². The fraction of sp³-hybridized carbons (Fsp3) is 0.619. The number of piperidine rings is 1. The molecule has 0 aliphatic carbocycles. The third-order valence-corrected chi connectivity index (χ3v) is 5.91. The highest BCUT2D eigenvalue weighted by Gasteiger charge is 2.21. The van der Waals surface area contributed by atoms with Gasteiger partial charge >= 0.3 is 0 Å². The average Bonchev–Trinajstić information content (AvgIpc) is 3.12. The van der Waals surface area contributed by atoms with E-state index < -0.39 is 0 Å². The van der Waals surface area contributed by atoms with Gasteiger partial charge in [0.15, 0.2) is 5.65 Å². The van der Waals surface area contributed by atoms with Crippen molar-refractivity contribution in [2.75, 3.05) is 31.9 Å². The predicted octanol–water partition coefficient (Wildman–Crippen LogP) is 3.76. The summed E-state index contributed by atoms with van der Waals surface area (Å²) >= 11 is 6.27. The molecule has 0 aromatic carbocycles. The number of hydrogen-bond donors (Lipinski definition) is 2. The Morgan fingerprint density at radius 3 is 2.75 bits per heavy atom. The minimum atomic E-state index is -0.131. The van der Waals surface area contributed by atoms with Crippen molar-refractivity contribution in [3.05, 3.63) is 28.5 Å². The second kappa shape index (κ2) is 9.61. The lowest BCUT2D eigenvalue weighted by Crippen LogP contribution is -2.39. The molecular weight excluding hydrogens is 374 g/mol. The van der Waals surface area contributed by atoms with Crippen LogP contribution in [-0.2, 0) is 6.42 Å². The SMILES string of the molecule is CCCCN1CCC(CNC(=O)c2cc(Cl)c(N)n3cc(CCC)nc23)CC1. The topological polar surface area (TPSA) is 75.7 Å². The molecule has 1 aliphatic rings. The molecule has 0 bridgehead atoms. The van der Waals surface area contributed by atoms with Gasteiger partial charge in [0.05, 0.1) is 16.3 Å². The van der Waals surface area contributed by atoms with Gasteiger partial charge in [0.2, 0.25) is 0 Å². The molecule has 6 nitrogen and oxygen atoms in total. The summed E-state index contributed by atoms with van der Waals surface area (Å²) in [6.45, 7) is 8.46. The van der Waals surface area contributed by atoms with Gasteiger partial charge in [0.25, 0.3) is 5.91 Å². The summed E-state index contributed by atoms with van der Waals surface area (Å²) in [5.74, 6) is 0.814. The summed E-state index contributed by atoms with van der Waals surface area (Å²) in [6.07, 6.45) is 8.47. The van der Waals surface area contributed by atoms with Gasteiger partial charge in [-0.15, -0.1) is 0 Å². The molecule has 1 aliphatic heterocycles. The molecule has 2 aromatic rings. The van der Waals surface area contributed by atoms with Crippen LogP contribution in [0, 0.1) is 5.92 Å². The number of imidazole rings is 1. The lowest BCUT2D eigenvalue weighted by atomic mass is 9.96. The zero-order valence-corrected chi connectivity index (χ0v) is 17.8. The number of unbranched alkanes of at least 4 members (excludes halogenated alkanes) is 1. The molecule has 2 aromatic heterocycles. The highest BCUT2D eigenvalue weighted by Crippen LogP contribution is 2.25. The Balaban J connectivity index is 1.65. The van der Waals surface area contributed by atoms with Gasteiger partial charge in [-0.25, -0.2) is 4.98 Å². The van der Waals surface area contributed by atoms with Crippen LogP contribution in [0.4, 0.5) is 5.82 Å². The molecule has 7 heteroatoms. The summed E-state index contributed by atoms with van der Waals surface area (Å²) in [4.78, 5) is 20.0. The van der Waals surface area contributed by atoms with E-state index in [2.05, 4.69) is 29.0 Å². The number of rotatable bonds is 8. The first-order valence-corrected chi connectivity index (χ1v) is 10.9. The molecule has 0 spiro atoms. The van der Waals surface area contributed by atoms with Crippen molar-refractivity contribution in [3.63, 3.8) is 0 Å². The fourth-order valence-electron chi connectivity index (χ4n) is 3.85. The van der Waals surface area contributed by atoms with Crippen molar-refractivity contribution in [1.29, 1.82) is 0 Å². The summed E-state index contributed by atoms with van der Waals surface area (Å²) < 4.78 is 1.73. The first kappa shape index (κ1) is 20.9. The van der Waals surface area contributed by atoms with Crippen molar-refractivity contribution >= 4 is 29.0 Å². The van der Waals surface area contributed by atoms with Crippen LogP contribution in [0.15, 0.2) is 12.3 Å². The van der Waals surface area contributed by atoms with Crippen molar-refractivity contribution in [2.24, 2.45) is 5.92 Å². The zero-order valence-electron chi connectivity index (χ0n) is 17.0. The minimum Gasteiger partial charge on any atom is -0.384 e. The molecule has 0 radical (unpaired) electrons. The number of amides is 1. The molecule has 1 amide bonds. The average molecular weight is 406 g/mol. The van der Waals surface area contributed by atoms with Crippen LogP contribution < -0.4 is 11.1 Å². The third kappa shape index (κ3) is 4.78. The number of fused-ring (bicyclic) bond motifs is 1. The molecule has 1 saturated heterocycles. The Morgan fingerprint density at radius 1 is 1.32 bits per heavy atom. The van der Waals surface area contributed by atoms with Crippen LogP contribution in [0.3, 0.4) is 0 Å². The fourth-order valence-corrected chi connectivity index (χ4v) is 4.05. The molecule has 154 valence electrons. The van der Waals surface area contributed by atoms with Gasteiger partial charge in [-0.1, -0.05) is 38.3 Å². The maximum absolute atomic E-state index is 12.9. The van der Waals surface area contributed by atoms with E-state index in [1.165, 1.54) is 19.4 Å². The monoisotopic (exact) mass is 405 g/mol. The van der Waals surface area contributed by atoms with E-state index in [0.29, 0.717) is 34.5 Å². The van der Waals surface area contributed by atoms with E-state index in [0.717, 1.165) is 44.5 Å². The predicted molar refractivity (Wildman–Crippen MR) is 115 cm³/mol. The number of hydrogen-bond acceptors (Lipinski definition) is 4. The van der Waals surface area contributed by atoms with E-state index in [9.17, 15) is 4.79 Å². The number of pyridine rings is 1. The lowest BCUT2D eigenvalue weighted by Gasteiger charge is -2.31. The Morgan fingerprint density at radius 2 is 2.07 bits per heavy atom.